The largest absolute Gasteiger partial charge is 0.447 e. The molecular formula is C13H13IN2O2. The van der Waals surface area contributed by atoms with Gasteiger partial charge in [-0.2, -0.15) is 0 Å². The van der Waals surface area contributed by atoms with Crippen LogP contribution in [0.4, 0.5) is 0 Å². The zero-order valence-electron chi connectivity index (χ0n) is 9.80. The Hall–Kier alpha value is -0.950. The van der Waals surface area contributed by atoms with Gasteiger partial charge in [-0.3, -0.25) is 0 Å². The molecule has 0 spiro atoms. The quantitative estimate of drug-likeness (QED) is 0.776. The van der Waals surface area contributed by atoms with Crippen molar-refractivity contribution >= 4 is 33.5 Å². The van der Waals surface area contributed by atoms with Gasteiger partial charge in [-0.05, 0) is 53.6 Å². The van der Waals surface area contributed by atoms with Gasteiger partial charge in [0.05, 0.1) is 17.5 Å². The monoisotopic (exact) mass is 356 g/mol. The Morgan fingerprint density at radius 2 is 2.22 bits per heavy atom. The van der Waals surface area contributed by atoms with E-state index in [1.807, 2.05) is 18.2 Å². The summed E-state index contributed by atoms with van der Waals surface area (Å²) >= 11 is 2.27. The van der Waals surface area contributed by atoms with Crippen molar-refractivity contribution < 1.29 is 9.47 Å². The van der Waals surface area contributed by atoms with Gasteiger partial charge in [0.1, 0.15) is 6.33 Å². The lowest BCUT2D eigenvalue weighted by molar-refractivity contribution is -0.107. The van der Waals surface area contributed by atoms with Gasteiger partial charge in [0.2, 0.25) is 12.2 Å². The summed E-state index contributed by atoms with van der Waals surface area (Å²) in [6, 6.07) is 6.04. The minimum absolute atomic E-state index is 0.170. The van der Waals surface area contributed by atoms with Crippen LogP contribution < -0.4 is 4.74 Å². The van der Waals surface area contributed by atoms with Crippen LogP contribution in [-0.2, 0) is 4.74 Å². The predicted molar refractivity (Wildman–Crippen MR) is 76.5 cm³/mol. The Labute approximate surface area is 119 Å². The van der Waals surface area contributed by atoms with Crippen LogP contribution in [-0.4, -0.2) is 22.9 Å². The SMILES string of the molecule is Ic1ccc2c(OC3CCCCO3)ncnc2c1. The van der Waals surface area contributed by atoms with Gasteiger partial charge in [0.15, 0.2) is 0 Å². The molecule has 1 atom stereocenters. The van der Waals surface area contributed by atoms with E-state index >= 15 is 0 Å². The molecule has 1 aromatic heterocycles. The van der Waals surface area contributed by atoms with E-state index < -0.39 is 0 Å². The third-order valence-corrected chi connectivity index (χ3v) is 3.61. The highest BCUT2D eigenvalue weighted by atomic mass is 127. The molecule has 1 aliphatic heterocycles. The smallest absolute Gasteiger partial charge is 0.226 e. The summed E-state index contributed by atoms with van der Waals surface area (Å²) in [5.41, 5.74) is 0.905. The second-order valence-corrected chi connectivity index (χ2v) is 5.50. The topological polar surface area (TPSA) is 44.2 Å². The average molecular weight is 356 g/mol. The first-order valence-electron chi connectivity index (χ1n) is 6.01. The van der Waals surface area contributed by atoms with Crippen LogP contribution in [0, 0.1) is 3.57 Å². The summed E-state index contributed by atoms with van der Waals surface area (Å²) in [5, 5.41) is 0.937. The van der Waals surface area contributed by atoms with Gasteiger partial charge in [0.25, 0.3) is 0 Å². The molecule has 1 aromatic carbocycles. The maximum absolute atomic E-state index is 5.83. The molecule has 0 aliphatic carbocycles. The van der Waals surface area contributed by atoms with Crippen LogP contribution in [0.2, 0.25) is 0 Å². The minimum atomic E-state index is -0.170. The van der Waals surface area contributed by atoms with Crippen LogP contribution >= 0.6 is 22.6 Å². The van der Waals surface area contributed by atoms with E-state index in [2.05, 4.69) is 32.6 Å². The van der Waals surface area contributed by atoms with E-state index in [-0.39, 0.29) is 6.29 Å². The van der Waals surface area contributed by atoms with Crippen molar-refractivity contribution in [2.24, 2.45) is 0 Å². The highest BCUT2D eigenvalue weighted by molar-refractivity contribution is 14.1. The molecule has 94 valence electrons. The fraction of sp³-hybridized carbons (Fsp3) is 0.385. The van der Waals surface area contributed by atoms with Gasteiger partial charge >= 0.3 is 0 Å². The van der Waals surface area contributed by atoms with E-state index in [9.17, 15) is 0 Å². The molecule has 1 unspecified atom stereocenters. The molecule has 0 saturated carbocycles. The predicted octanol–water partition coefficient (Wildman–Crippen LogP) is 3.14. The van der Waals surface area contributed by atoms with Gasteiger partial charge in [-0.15, -0.1) is 0 Å². The molecule has 0 radical (unpaired) electrons. The van der Waals surface area contributed by atoms with Crippen LogP contribution in [0.1, 0.15) is 19.3 Å². The first kappa shape index (κ1) is 12.1. The third-order valence-electron chi connectivity index (χ3n) is 2.94. The van der Waals surface area contributed by atoms with Crippen molar-refractivity contribution in [2.75, 3.05) is 6.61 Å². The summed E-state index contributed by atoms with van der Waals surface area (Å²) in [5.74, 6) is 0.614. The summed E-state index contributed by atoms with van der Waals surface area (Å²) in [6.07, 6.45) is 4.55. The molecule has 2 heterocycles. The normalized spacial score (nSPS) is 19.9. The van der Waals surface area contributed by atoms with Gasteiger partial charge in [0, 0.05) is 9.99 Å². The number of rotatable bonds is 2. The lowest BCUT2D eigenvalue weighted by atomic mass is 10.2. The first-order valence-corrected chi connectivity index (χ1v) is 7.09. The van der Waals surface area contributed by atoms with E-state index in [1.165, 1.54) is 6.33 Å². The minimum Gasteiger partial charge on any atom is -0.447 e. The zero-order chi connectivity index (χ0) is 12.4. The molecule has 2 aromatic rings. The van der Waals surface area contributed by atoms with Gasteiger partial charge in [-0.25, -0.2) is 9.97 Å². The second kappa shape index (κ2) is 5.36. The van der Waals surface area contributed by atoms with Crippen molar-refractivity contribution in [1.29, 1.82) is 0 Å². The van der Waals surface area contributed by atoms with Gasteiger partial charge < -0.3 is 9.47 Å². The maximum atomic E-state index is 5.83. The number of halogens is 1. The molecule has 1 fully saturated rings. The number of hydrogen-bond acceptors (Lipinski definition) is 4. The molecule has 0 amide bonds. The number of aromatic nitrogens is 2. The maximum Gasteiger partial charge on any atom is 0.226 e. The fourth-order valence-corrected chi connectivity index (χ4v) is 2.50. The number of fused-ring (bicyclic) bond motifs is 1. The first-order chi connectivity index (χ1) is 8.83. The van der Waals surface area contributed by atoms with Crippen LogP contribution in [0.25, 0.3) is 10.9 Å². The summed E-state index contributed by atoms with van der Waals surface area (Å²) in [4.78, 5) is 8.47. The summed E-state index contributed by atoms with van der Waals surface area (Å²) < 4.78 is 12.6. The molecular weight excluding hydrogens is 343 g/mol. The van der Waals surface area contributed by atoms with Crippen molar-refractivity contribution in [1.82, 2.24) is 9.97 Å². The van der Waals surface area contributed by atoms with E-state index in [0.717, 1.165) is 40.3 Å². The summed E-state index contributed by atoms with van der Waals surface area (Å²) in [7, 11) is 0. The number of benzene rings is 1. The lowest BCUT2D eigenvalue weighted by Gasteiger charge is -2.23. The van der Waals surface area contributed by atoms with Crippen molar-refractivity contribution in [3.05, 3.63) is 28.1 Å². The molecule has 1 saturated heterocycles. The van der Waals surface area contributed by atoms with Crippen molar-refractivity contribution in [3.63, 3.8) is 0 Å². The standard InChI is InChI=1S/C13H13IN2O2/c14-9-4-5-10-11(7-9)15-8-16-13(10)18-12-3-1-2-6-17-12/h4-5,7-8,12H,1-3,6H2. The fourth-order valence-electron chi connectivity index (χ4n) is 2.03. The summed E-state index contributed by atoms with van der Waals surface area (Å²) in [6.45, 7) is 0.769. The van der Waals surface area contributed by atoms with E-state index in [0.29, 0.717) is 5.88 Å². The van der Waals surface area contributed by atoms with E-state index in [1.54, 1.807) is 0 Å². The Morgan fingerprint density at radius 1 is 1.28 bits per heavy atom. The Balaban J connectivity index is 1.91. The molecule has 3 rings (SSSR count). The average Bonchev–Trinajstić information content (AvgIpc) is 2.40. The Bertz CT molecular complexity index is 556. The highest BCUT2D eigenvalue weighted by Crippen LogP contribution is 2.25. The highest BCUT2D eigenvalue weighted by Gasteiger charge is 2.17. The Morgan fingerprint density at radius 3 is 3.06 bits per heavy atom. The van der Waals surface area contributed by atoms with Gasteiger partial charge in [-0.1, -0.05) is 0 Å². The van der Waals surface area contributed by atoms with E-state index in [4.69, 9.17) is 9.47 Å². The number of nitrogens with zero attached hydrogens (tertiary/aromatic N) is 2. The molecule has 1 aliphatic rings. The molecule has 4 nitrogen and oxygen atoms in total. The number of hydrogen-bond donors (Lipinski definition) is 0. The number of ether oxygens (including phenoxy) is 2. The van der Waals surface area contributed by atoms with Crippen LogP contribution in [0.3, 0.4) is 0 Å². The zero-order valence-corrected chi connectivity index (χ0v) is 12.0. The van der Waals surface area contributed by atoms with Crippen LogP contribution in [0.15, 0.2) is 24.5 Å². The van der Waals surface area contributed by atoms with Crippen LogP contribution in [0.5, 0.6) is 5.88 Å². The third kappa shape index (κ3) is 2.56. The second-order valence-electron chi connectivity index (χ2n) is 4.25. The lowest BCUT2D eigenvalue weighted by Crippen LogP contribution is -2.25. The molecule has 0 N–H and O–H groups in total. The Kier molecular flexibility index (Phi) is 3.60. The van der Waals surface area contributed by atoms with Crippen molar-refractivity contribution in [3.8, 4) is 5.88 Å². The molecule has 0 bridgehead atoms. The molecule has 5 heteroatoms. The molecule has 18 heavy (non-hydrogen) atoms. The van der Waals surface area contributed by atoms with Crippen molar-refractivity contribution in [2.45, 2.75) is 25.6 Å².